The van der Waals surface area contributed by atoms with Gasteiger partial charge in [0, 0.05) is 19.5 Å². The van der Waals surface area contributed by atoms with Crippen LogP contribution in [0, 0.1) is 11.8 Å². The van der Waals surface area contributed by atoms with Crippen molar-refractivity contribution in [3.8, 4) is 0 Å². The van der Waals surface area contributed by atoms with E-state index in [0.29, 0.717) is 30.2 Å². The SMILES string of the molecule is CC(C)CC(C)N(C)C(=O)CCC1CCNC1. The Kier molecular flexibility index (Phi) is 5.96. The first-order chi connectivity index (χ1) is 8.00. The molecule has 2 atom stereocenters. The lowest BCUT2D eigenvalue weighted by atomic mass is 10.0. The zero-order chi connectivity index (χ0) is 12.8. The van der Waals surface area contributed by atoms with Gasteiger partial charge in [-0.1, -0.05) is 13.8 Å². The van der Waals surface area contributed by atoms with Gasteiger partial charge in [-0.05, 0) is 51.1 Å². The molecule has 100 valence electrons. The largest absolute Gasteiger partial charge is 0.343 e. The van der Waals surface area contributed by atoms with Gasteiger partial charge in [0.25, 0.3) is 0 Å². The van der Waals surface area contributed by atoms with Crippen molar-refractivity contribution in [1.29, 1.82) is 0 Å². The van der Waals surface area contributed by atoms with Crippen LogP contribution in [-0.2, 0) is 4.79 Å². The molecule has 2 unspecified atom stereocenters. The second kappa shape index (κ2) is 7.00. The van der Waals surface area contributed by atoms with Crippen molar-refractivity contribution in [1.82, 2.24) is 10.2 Å². The van der Waals surface area contributed by atoms with Gasteiger partial charge in [0.05, 0.1) is 0 Å². The van der Waals surface area contributed by atoms with Crippen molar-refractivity contribution in [3.63, 3.8) is 0 Å². The monoisotopic (exact) mass is 240 g/mol. The van der Waals surface area contributed by atoms with Crippen LogP contribution >= 0.6 is 0 Å². The Morgan fingerprint density at radius 3 is 2.65 bits per heavy atom. The number of carbonyl (C=O) groups excluding carboxylic acids is 1. The van der Waals surface area contributed by atoms with Gasteiger partial charge in [-0.15, -0.1) is 0 Å². The average Bonchev–Trinajstić information content (AvgIpc) is 2.76. The highest BCUT2D eigenvalue weighted by molar-refractivity contribution is 5.76. The second-order valence-corrected chi connectivity index (χ2v) is 5.88. The molecule has 1 fully saturated rings. The maximum Gasteiger partial charge on any atom is 0.222 e. The summed E-state index contributed by atoms with van der Waals surface area (Å²) >= 11 is 0. The maximum atomic E-state index is 12.0. The number of rotatable bonds is 6. The minimum atomic E-state index is 0.310. The molecule has 0 aromatic heterocycles. The number of hydrogen-bond acceptors (Lipinski definition) is 2. The van der Waals surface area contributed by atoms with Gasteiger partial charge in [-0.25, -0.2) is 0 Å². The summed E-state index contributed by atoms with van der Waals surface area (Å²) in [5.41, 5.74) is 0. The quantitative estimate of drug-likeness (QED) is 0.772. The van der Waals surface area contributed by atoms with E-state index in [1.54, 1.807) is 0 Å². The Morgan fingerprint density at radius 2 is 2.12 bits per heavy atom. The van der Waals surface area contributed by atoms with Gasteiger partial charge >= 0.3 is 0 Å². The van der Waals surface area contributed by atoms with E-state index in [9.17, 15) is 4.79 Å². The zero-order valence-corrected chi connectivity index (χ0v) is 11.8. The van der Waals surface area contributed by atoms with E-state index in [1.165, 1.54) is 6.42 Å². The summed E-state index contributed by atoms with van der Waals surface area (Å²) in [7, 11) is 1.95. The Labute approximate surface area is 106 Å². The fourth-order valence-electron chi connectivity index (χ4n) is 2.55. The summed E-state index contributed by atoms with van der Waals surface area (Å²) < 4.78 is 0. The van der Waals surface area contributed by atoms with Crippen LogP contribution in [0.2, 0.25) is 0 Å². The van der Waals surface area contributed by atoms with E-state index in [1.807, 2.05) is 11.9 Å². The van der Waals surface area contributed by atoms with Gasteiger partial charge in [-0.3, -0.25) is 4.79 Å². The standard InChI is InChI=1S/C14H28N2O/c1-11(2)9-12(3)16(4)14(17)6-5-13-7-8-15-10-13/h11-13,15H,5-10H2,1-4H3. The van der Waals surface area contributed by atoms with Crippen LogP contribution in [0.3, 0.4) is 0 Å². The summed E-state index contributed by atoms with van der Waals surface area (Å²) in [5.74, 6) is 1.68. The lowest BCUT2D eigenvalue weighted by Gasteiger charge is -2.26. The molecule has 3 heteroatoms. The highest BCUT2D eigenvalue weighted by atomic mass is 16.2. The third-order valence-corrected chi connectivity index (χ3v) is 3.80. The van der Waals surface area contributed by atoms with Crippen LogP contribution in [0.1, 0.15) is 46.5 Å². The van der Waals surface area contributed by atoms with Crippen molar-refractivity contribution in [2.24, 2.45) is 11.8 Å². The molecular formula is C14H28N2O. The van der Waals surface area contributed by atoms with Crippen LogP contribution in [0.5, 0.6) is 0 Å². The fraction of sp³-hybridized carbons (Fsp3) is 0.929. The molecular weight excluding hydrogens is 212 g/mol. The number of amides is 1. The molecule has 0 aromatic carbocycles. The highest BCUT2D eigenvalue weighted by Crippen LogP contribution is 2.16. The molecule has 3 nitrogen and oxygen atoms in total. The summed E-state index contributed by atoms with van der Waals surface area (Å²) in [6, 6.07) is 0.365. The zero-order valence-electron chi connectivity index (χ0n) is 11.8. The first-order valence-electron chi connectivity index (χ1n) is 6.97. The van der Waals surface area contributed by atoms with Gasteiger partial charge < -0.3 is 10.2 Å². The molecule has 1 aliphatic rings. The Hall–Kier alpha value is -0.570. The third-order valence-electron chi connectivity index (χ3n) is 3.80. The predicted octanol–water partition coefficient (Wildman–Crippen LogP) is 2.27. The maximum absolute atomic E-state index is 12.0. The third kappa shape index (κ3) is 5.07. The minimum Gasteiger partial charge on any atom is -0.343 e. The van der Waals surface area contributed by atoms with Crippen molar-refractivity contribution in [2.75, 3.05) is 20.1 Å². The lowest BCUT2D eigenvalue weighted by Crippen LogP contribution is -2.36. The molecule has 0 aromatic rings. The average molecular weight is 240 g/mol. The molecule has 0 spiro atoms. The highest BCUT2D eigenvalue weighted by Gasteiger charge is 2.20. The van der Waals surface area contributed by atoms with Crippen LogP contribution in [0.4, 0.5) is 0 Å². The van der Waals surface area contributed by atoms with Crippen molar-refractivity contribution in [2.45, 2.75) is 52.5 Å². The van der Waals surface area contributed by atoms with Crippen molar-refractivity contribution in [3.05, 3.63) is 0 Å². The topological polar surface area (TPSA) is 32.3 Å². The Morgan fingerprint density at radius 1 is 1.41 bits per heavy atom. The van der Waals surface area contributed by atoms with Gasteiger partial charge in [0.15, 0.2) is 0 Å². The van der Waals surface area contributed by atoms with Gasteiger partial charge in [0.1, 0.15) is 0 Å². The van der Waals surface area contributed by atoms with Crippen LogP contribution in [0.25, 0.3) is 0 Å². The minimum absolute atomic E-state index is 0.310. The number of nitrogens with zero attached hydrogens (tertiary/aromatic N) is 1. The number of hydrogen-bond donors (Lipinski definition) is 1. The molecule has 0 bridgehead atoms. The fourth-order valence-corrected chi connectivity index (χ4v) is 2.55. The van der Waals surface area contributed by atoms with Crippen molar-refractivity contribution >= 4 is 5.91 Å². The molecule has 1 saturated heterocycles. The van der Waals surface area contributed by atoms with Gasteiger partial charge in [-0.2, -0.15) is 0 Å². The number of carbonyl (C=O) groups is 1. The molecule has 1 amide bonds. The lowest BCUT2D eigenvalue weighted by molar-refractivity contribution is -0.132. The molecule has 0 aliphatic carbocycles. The van der Waals surface area contributed by atoms with E-state index in [4.69, 9.17) is 0 Å². The number of nitrogens with one attached hydrogen (secondary N) is 1. The normalized spacial score (nSPS) is 21.8. The summed E-state index contributed by atoms with van der Waals surface area (Å²) in [6.45, 7) is 8.78. The molecule has 1 heterocycles. The second-order valence-electron chi connectivity index (χ2n) is 5.88. The molecule has 0 radical (unpaired) electrons. The summed E-state index contributed by atoms with van der Waals surface area (Å²) in [6.07, 6.45) is 4.08. The van der Waals surface area contributed by atoms with E-state index < -0.39 is 0 Å². The van der Waals surface area contributed by atoms with E-state index in [2.05, 4.69) is 26.1 Å². The predicted molar refractivity (Wildman–Crippen MR) is 71.9 cm³/mol. The molecule has 17 heavy (non-hydrogen) atoms. The van der Waals surface area contributed by atoms with E-state index in [-0.39, 0.29) is 0 Å². The van der Waals surface area contributed by atoms with E-state index >= 15 is 0 Å². The van der Waals surface area contributed by atoms with Crippen molar-refractivity contribution < 1.29 is 4.79 Å². The van der Waals surface area contributed by atoms with E-state index in [0.717, 1.165) is 25.9 Å². The molecule has 1 aliphatic heterocycles. The first kappa shape index (κ1) is 14.5. The molecule has 1 N–H and O–H groups in total. The Balaban J connectivity index is 2.25. The smallest absolute Gasteiger partial charge is 0.222 e. The Bertz CT molecular complexity index is 234. The first-order valence-corrected chi connectivity index (χ1v) is 6.97. The molecule has 1 rings (SSSR count). The van der Waals surface area contributed by atoms with Crippen LogP contribution < -0.4 is 5.32 Å². The molecule has 0 saturated carbocycles. The van der Waals surface area contributed by atoms with Crippen LogP contribution in [0.15, 0.2) is 0 Å². The van der Waals surface area contributed by atoms with Gasteiger partial charge in [0.2, 0.25) is 5.91 Å². The van der Waals surface area contributed by atoms with Crippen LogP contribution in [-0.4, -0.2) is 37.0 Å². The summed E-state index contributed by atoms with van der Waals surface area (Å²) in [4.78, 5) is 14.0. The summed E-state index contributed by atoms with van der Waals surface area (Å²) in [5, 5.41) is 3.35.